The Morgan fingerprint density at radius 2 is 2.10 bits per heavy atom. The molecular formula is C5H9NO3S. The lowest BCUT2D eigenvalue weighted by atomic mass is 10.5. The van der Waals surface area contributed by atoms with E-state index in [-0.39, 0.29) is 17.4 Å². The zero-order chi connectivity index (χ0) is 7.78. The van der Waals surface area contributed by atoms with Gasteiger partial charge in [0.1, 0.15) is 5.75 Å². The van der Waals surface area contributed by atoms with Gasteiger partial charge in [-0.3, -0.25) is 4.79 Å². The largest absolute Gasteiger partial charge is 0.344 e. The molecule has 0 unspecified atom stereocenters. The van der Waals surface area contributed by atoms with Gasteiger partial charge in [-0.25, -0.2) is 8.42 Å². The van der Waals surface area contributed by atoms with Crippen LogP contribution in [-0.2, 0) is 14.6 Å². The van der Waals surface area contributed by atoms with Crippen LogP contribution in [0.3, 0.4) is 0 Å². The second kappa shape index (κ2) is 2.23. The molecule has 0 aromatic rings. The van der Waals surface area contributed by atoms with Crippen LogP contribution >= 0.6 is 0 Å². The van der Waals surface area contributed by atoms with Crippen molar-refractivity contribution in [1.82, 2.24) is 4.90 Å². The highest BCUT2D eigenvalue weighted by atomic mass is 32.2. The number of amides is 1. The standard InChI is InChI=1S/C5H9NO3S/c1-6-2-3-10(8,9)4-5(6)7/h2-4H2,1H3. The Labute approximate surface area is 59.7 Å². The molecule has 1 amide bonds. The van der Waals surface area contributed by atoms with Crippen LogP contribution in [0.1, 0.15) is 0 Å². The molecule has 0 spiro atoms. The second-order valence-corrected chi connectivity index (χ2v) is 4.59. The summed E-state index contributed by atoms with van der Waals surface area (Å²) in [7, 11) is -1.45. The Hall–Kier alpha value is -0.580. The van der Waals surface area contributed by atoms with E-state index in [9.17, 15) is 13.2 Å². The number of nitrogens with zero attached hydrogens (tertiary/aromatic N) is 1. The van der Waals surface area contributed by atoms with Crippen LogP contribution in [0.2, 0.25) is 0 Å². The summed E-state index contributed by atoms with van der Waals surface area (Å²) >= 11 is 0. The summed E-state index contributed by atoms with van der Waals surface area (Å²) in [5, 5.41) is 0. The Morgan fingerprint density at radius 1 is 1.50 bits per heavy atom. The minimum atomic E-state index is -3.06. The van der Waals surface area contributed by atoms with Crippen molar-refractivity contribution >= 4 is 15.7 Å². The average molecular weight is 163 g/mol. The molecule has 5 heteroatoms. The van der Waals surface area contributed by atoms with Gasteiger partial charge in [-0.05, 0) is 0 Å². The minimum absolute atomic E-state index is 0.106. The Balaban J connectivity index is 2.76. The zero-order valence-electron chi connectivity index (χ0n) is 5.70. The monoisotopic (exact) mass is 163 g/mol. The number of rotatable bonds is 0. The molecule has 1 heterocycles. The van der Waals surface area contributed by atoms with Crippen molar-refractivity contribution in [3.05, 3.63) is 0 Å². The van der Waals surface area contributed by atoms with Gasteiger partial charge in [0.05, 0.1) is 5.75 Å². The van der Waals surface area contributed by atoms with Gasteiger partial charge in [-0.1, -0.05) is 0 Å². The molecule has 1 aliphatic heterocycles. The molecule has 1 aliphatic rings. The molecule has 0 bridgehead atoms. The van der Waals surface area contributed by atoms with Crippen LogP contribution in [0.25, 0.3) is 0 Å². The number of sulfone groups is 1. The van der Waals surface area contributed by atoms with Gasteiger partial charge in [0.15, 0.2) is 9.84 Å². The summed E-state index contributed by atoms with van der Waals surface area (Å²) in [5.74, 6) is -0.509. The van der Waals surface area contributed by atoms with Crippen molar-refractivity contribution < 1.29 is 13.2 Å². The van der Waals surface area contributed by atoms with E-state index in [0.717, 1.165) is 0 Å². The summed E-state index contributed by atoms with van der Waals surface area (Å²) < 4.78 is 21.5. The highest BCUT2D eigenvalue weighted by molar-refractivity contribution is 7.92. The molecule has 0 aromatic heterocycles. The quantitative estimate of drug-likeness (QED) is 0.454. The highest BCUT2D eigenvalue weighted by Crippen LogP contribution is 2.01. The van der Waals surface area contributed by atoms with Gasteiger partial charge in [0.25, 0.3) is 0 Å². The number of hydrogen-bond acceptors (Lipinski definition) is 3. The first-order valence-corrected chi connectivity index (χ1v) is 4.78. The van der Waals surface area contributed by atoms with Gasteiger partial charge < -0.3 is 4.90 Å². The Bertz CT molecular complexity index is 244. The smallest absolute Gasteiger partial charge is 0.237 e. The highest BCUT2D eigenvalue weighted by Gasteiger charge is 2.25. The van der Waals surface area contributed by atoms with Crippen molar-refractivity contribution in [2.45, 2.75) is 0 Å². The van der Waals surface area contributed by atoms with Crippen molar-refractivity contribution in [3.63, 3.8) is 0 Å². The van der Waals surface area contributed by atoms with E-state index in [1.165, 1.54) is 4.90 Å². The first-order valence-electron chi connectivity index (χ1n) is 2.96. The van der Waals surface area contributed by atoms with Crippen molar-refractivity contribution in [3.8, 4) is 0 Å². The van der Waals surface area contributed by atoms with E-state index < -0.39 is 9.84 Å². The van der Waals surface area contributed by atoms with E-state index in [4.69, 9.17) is 0 Å². The van der Waals surface area contributed by atoms with Gasteiger partial charge in [0.2, 0.25) is 5.91 Å². The maximum atomic E-state index is 10.8. The van der Waals surface area contributed by atoms with E-state index in [0.29, 0.717) is 6.54 Å². The van der Waals surface area contributed by atoms with Gasteiger partial charge in [0, 0.05) is 13.6 Å². The fraction of sp³-hybridized carbons (Fsp3) is 0.800. The third kappa shape index (κ3) is 1.47. The molecule has 0 aromatic carbocycles. The van der Waals surface area contributed by atoms with Crippen LogP contribution < -0.4 is 0 Å². The van der Waals surface area contributed by atoms with Crippen molar-refractivity contribution in [2.75, 3.05) is 25.1 Å². The Kier molecular flexibility index (Phi) is 1.68. The molecule has 0 aliphatic carbocycles. The predicted molar refractivity (Wildman–Crippen MR) is 36.3 cm³/mol. The maximum absolute atomic E-state index is 10.8. The van der Waals surface area contributed by atoms with Crippen LogP contribution in [0.5, 0.6) is 0 Å². The van der Waals surface area contributed by atoms with E-state index in [1.807, 2.05) is 0 Å². The zero-order valence-corrected chi connectivity index (χ0v) is 6.52. The minimum Gasteiger partial charge on any atom is -0.344 e. The molecule has 1 fully saturated rings. The third-order valence-electron chi connectivity index (χ3n) is 1.51. The first-order chi connectivity index (χ1) is 4.51. The fourth-order valence-corrected chi connectivity index (χ4v) is 2.06. The van der Waals surface area contributed by atoms with Crippen LogP contribution in [0, 0.1) is 0 Å². The topological polar surface area (TPSA) is 54.5 Å². The van der Waals surface area contributed by atoms with E-state index in [2.05, 4.69) is 0 Å². The summed E-state index contributed by atoms with van der Waals surface area (Å²) in [6.07, 6.45) is 0. The lowest BCUT2D eigenvalue weighted by molar-refractivity contribution is -0.127. The molecule has 10 heavy (non-hydrogen) atoms. The van der Waals surface area contributed by atoms with Gasteiger partial charge in [-0.2, -0.15) is 0 Å². The molecule has 0 saturated carbocycles. The average Bonchev–Trinajstić information content (AvgIpc) is 1.79. The summed E-state index contributed by atoms with van der Waals surface area (Å²) in [5.41, 5.74) is 0. The molecule has 1 saturated heterocycles. The molecule has 58 valence electrons. The second-order valence-electron chi connectivity index (χ2n) is 2.41. The number of carbonyl (C=O) groups excluding carboxylic acids is 1. The predicted octanol–water partition coefficient (Wildman–Crippen LogP) is -1.13. The van der Waals surface area contributed by atoms with Crippen LogP contribution in [0.15, 0.2) is 0 Å². The van der Waals surface area contributed by atoms with E-state index in [1.54, 1.807) is 7.05 Å². The summed E-state index contributed by atoms with van der Waals surface area (Å²) in [4.78, 5) is 12.2. The summed E-state index contributed by atoms with van der Waals surface area (Å²) in [6, 6.07) is 0. The number of carbonyl (C=O) groups is 1. The van der Waals surface area contributed by atoms with Crippen LogP contribution in [0.4, 0.5) is 0 Å². The SMILES string of the molecule is CN1CCS(=O)(=O)CC1=O. The number of hydrogen-bond donors (Lipinski definition) is 0. The lowest BCUT2D eigenvalue weighted by Gasteiger charge is -2.21. The molecular weight excluding hydrogens is 154 g/mol. The Morgan fingerprint density at radius 3 is 2.50 bits per heavy atom. The maximum Gasteiger partial charge on any atom is 0.237 e. The molecule has 0 N–H and O–H groups in total. The molecule has 0 atom stereocenters. The first kappa shape index (κ1) is 7.53. The molecule has 4 nitrogen and oxygen atoms in total. The van der Waals surface area contributed by atoms with Crippen molar-refractivity contribution in [1.29, 1.82) is 0 Å². The normalized spacial score (nSPS) is 24.9. The lowest BCUT2D eigenvalue weighted by Crippen LogP contribution is -2.42. The third-order valence-corrected chi connectivity index (χ3v) is 3.00. The van der Waals surface area contributed by atoms with Gasteiger partial charge in [-0.15, -0.1) is 0 Å². The summed E-state index contributed by atoms with van der Waals surface area (Å²) in [6.45, 7) is 0.334. The van der Waals surface area contributed by atoms with Crippen molar-refractivity contribution in [2.24, 2.45) is 0 Å². The van der Waals surface area contributed by atoms with Crippen LogP contribution in [-0.4, -0.2) is 44.3 Å². The fourth-order valence-electron chi connectivity index (χ4n) is 0.771. The van der Waals surface area contributed by atoms with Gasteiger partial charge >= 0.3 is 0 Å². The molecule has 1 rings (SSSR count). The molecule has 0 radical (unpaired) electrons. The van der Waals surface area contributed by atoms with E-state index >= 15 is 0 Å².